The molecule has 0 aromatic heterocycles. The second-order valence-electron chi connectivity index (χ2n) is 6.77. The third-order valence-electron chi connectivity index (χ3n) is 4.79. The van der Waals surface area contributed by atoms with Gasteiger partial charge in [-0.05, 0) is 29.8 Å². The zero-order valence-electron chi connectivity index (χ0n) is 16.0. The second kappa shape index (κ2) is 8.61. The summed E-state index contributed by atoms with van der Waals surface area (Å²) in [5.41, 5.74) is 3.78. The van der Waals surface area contributed by atoms with E-state index in [-0.39, 0.29) is 0 Å². The Morgan fingerprint density at radius 3 is 2.38 bits per heavy atom. The molecule has 0 unspecified atom stereocenters. The predicted molar refractivity (Wildman–Crippen MR) is 111 cm³/mol. The van der Waals surface area contributed by atoms with Crippen molar-refractivity contribution in [1.82, 2.24) is 10.2 Å². The van der Waals surface area contributed by atoms with E-state index in [9.17, 15) is 0 Å². The van der Waals surface area contributed by atoms with Crippen LogP contribution in [0.25, 0.3) is 0 Å². The van der Waals surface area contributed by atoms with Gasteiger partial charge in [-0.3, -0.25) is 4.99 Å². The molecule has 2 aromatic carbocycles. The number of guanidine groups is 1. The smallest absolute Gasteiger partial charge is 0.194 e. The number of hydrogen-bond acceptors (Lipinski definition) is 3. The molecule has 0 radical (unpaired) electrons. The van der Waals surface area contributed by atoms with Gasteiger partial charge < -0.3 is 20.0 Å². The molecule has 1 heterocycles. The standard InChI is InChI=1S/C21H29N5/c1-22-21(23-17-18-8-7-11-20(16-18)24(2)3)26-14-12-25(13-15-26)19-9-5-4-6-10-19/h4-11,16H,12-15,17H2,1-3H3,(H,22,23). The van der Waals surface area contributed by atoms with Crippen LogP contribution in [0.3, 0.4) is 0 Å². The highest BCUT2D eigenvalue weighted by Crippen LogP contribution is 2.16. The zero-order valence-corrected chi connectivity index (χ0v) is 16.0. The summed E-state index contributed by atoms with van der Waals surface area (Å²) < 4.78 is 0. The summed E-state index contributed by atoms with van der Waals surface area (Å²) in [6.07, 6.45) is 0. The monoisotopic (exact) mass is 351 g/mol. The van der Waals surface area contributed by atoms with Gasteiger partial charge in [0.15, 0.2) is 5.96 Å². The van der Waals surface area contributed by atoms with Crippen molar-refractivity contribution in [1.29, 1.82) is 0 Å². The van der Waals surface area contributed by atoms with Crippen LogP contribution in [0.4, 0.5) is 11.4 Å². The molecule has 1 aliphatic rings. The number of piperazine rings is 1. The fraction of sp³-hybridized carbons (Fsp3) is 0.381. The number of anilines is 2. The van der Waals surface area contributed by atoms with Crippen molar-refractivity contribution in [3.63, 3.8) is 0 Å². The zero-order chi connectivity index (χ0) is 18.4. The maximum Gasteiger partial charge on any atom is 0.194 e. The average Bonchev–Trinajstić information content (AvgIpc) is 2.70. The molecule has 0 aliphatic carbocycles. The van der Waals surface area contributed by atoms with Crippen LogP contribution >= 0.6 is 0 Å². The molecular weight excluding hydrogens is 322 g/mol. The molecule has 1 fully saturated rings. The van der Waals surface area contributed by atoms with Gasteiger partial charge in [0.2, 0.25) is 0 Å². The minimum absolute atomic E-state index is 0.785. The Morgan fingerprint density at radius 1 is 1.00 bits per heavy atom. The minimum atomic E-state index is 0.785. The molecule has 3 rings (SSSR count). The summed E-state index contributed by atoms with van der Waals surface area (Å²) in [5.74, 6) is 0.980. The number of hydrogen-bond donors (Lipinski definition) is 1. The van der Waals surface area contributed by atoms with Gasteiger partial charge >= 0.3 is 0 Å². The number of nitrogens with zero attached hydrogens (tertiary/aromatic N) is 4. The number of aliphatic imine (C=N–C) groups is 1. The summed E-state index contributed by atoms with van der Waals surface area (Å²) in [5, 5.41) is 3.52. The normalized spacial score (nSPS) is 15.1. The SMILES string of the molecule is CN=C(NCc1cccc(N(C)C)c1)N1CCN(c2ccccc2)CC1. The fourth-order valence-electron chi connectivity index (χ4n) is 3.27. The van der Waals surface area contributed by atoms with E-state index in [0.717, 1.165) is 38.7 Å². The van der Waals surface area contributed by atoms with E-state index in [1.807, 2.05) is 7.05 Å². The molecule has 0 saturated carbocycles. The molecule has 1 saturated heterocycles. The van der Waals surface area contributed by atoms with Crippen LogP contribution < -0.4 is 15.1 Å². The van der Waals surface area contributed by atoms with Gasteiger partial charge in [0, 0.05) is 65.2 Å². The summed E-state index contributed by atoms with van der Waals surface area (Å²) in [6, 6.07) is 19.2. The lowest BCUT2D eigenvalue weighted by atomic mass is 10.2. The molecule has 0 spiro atoms. The highest BCUT2D eigenvalue weighted by atomic mass is 15.3. The molecule has 5 nitrogen and oxygen atoms in total. The maximum atomic E-state index is 4.48. The summed E-state index contributed by atoms with van der Waals surface area (Å²) in [4.78, 5) is 11.4. The molecule has 2 aromatic rings. The van der Waals surface area contributed by atoms with E-state index in [1.54, 1.807) is 0 Å². The minimum Gasteiger partial charge on any atom is -0.378 e. The molecule has 1 N–H and O–H groups in total. The molecule has 138 valence electrons. The Labute approximate surface area is 156 Å². The van der Waals surface area contributed by atoms with E-state index in [4.69, 9.17) is 0 Å². The lowest BCUT2D eigenvalue weighted by molar-refractivity contribution is 0.372. The Morgan fingerprint density at radius 2 is 1.73 bits per heavy atom. The first-order chi connectivity index (χ1) is 12.7. The van der Waals surface area contributed by atoms with Gasteiger partial charge in [-0.2, -0.15) is 0 Å². The van der Waals surface area contributed by atoms with Crippen LogP contribution in [0.15, 0.2) is 59.6 Å². The highest BCUT2D eigenvalue weighted by molar-refractivity contribution is 5.80. The number of rotatable bonds is 4. The first-order valence-electron chi connectivity index (χ1n) is 9.19. The van der Waals surface area contributed by atoms with Crippen LogP contribution in [0.1, 0.15) is 5.56 Å². The van der Waals surface area contributed by atoms with E-state index in [0.29, 0.717) is 0 Å². The molecule has 5 heteroatoms. The van der Waals surface area contributed by atoms with Crippen LogP contribution in [0.5, 0.6) is 0 Å². The largest absolute Gasteiger partial charge is 0.378 e. The predicted octanol–water partition coefficient (Wildman–Crippen LogP) is 2.65. The van der Waals surface area contributed by atoms with Crippen molar-refractivity contribution in [3.05, 3.63) is 60.2 Å². The third-order valence-corrected chi connectivity index (χ3v) is 4.79. The Bertz CT molecular complexity index is 718. The summed E-state index contributed by atoms with van der Waals surface area (Å²) in [7, 11) is 6.00. The molecule has 0 bridgehead atoms. The van der Waals surface area contributed by atoms with Crippen molar-refractivity contribution in [2.75, 3.05) is 57.1 Å². The molecule has 0 atom stereocenters. The Hall–Kier alpha value is -2.69. The quantitative estimate of drug-likeness (QED) is 0.678. The van der Waals surface area contributed by atoms with Crippen LogP contribution in [-0.4, -0.2) is 58.2 Å². The maximum absolute atomic E-state index is 4.48. The first kappa shape index (κ1) is 18.1. The van der Waals surface area contributed by atoms with E-state index in [1.165, 1.54) is 16.9 Å². The van der Waals surface area contributed by atoms with Crippen LogP contribution in [-0.2, 0) is 6.54 Å². The Balaban J connectivity index is 1.55. The fourth-order valence-corrected chi connectivity index (χ4v) is 3.27. The number of nitrogens with one attached hydrogen (secondary N) is 1. The van der Waals surface area contributed by atoms with Gasteiger partial charge in [0.05, 0.1) is 0 Å². The van der Waals surface area contributed by atoms with Crippen molar-refractivity contribution in [2.24, 2.45) is 4.99 Å². The van der Waals surface area contributed by atoms with E-state index >= 15 is 0 Å². The van der Waals surface area contributed by atoms with Crippen molar-refractivity contribution >= 4 is 17.3 Å². The van der Waals surface area contributed by atoms with Crippen LogP contribution in [0, 0.1) is 0 Å². The topological polar surface area (TPSA) is 34.1 Å². The highest BCUT2D eigenvalue weighted by Gasteiger charge is 2.19. The van der Waals surface area contributed by atoms with Crippen molar-refractivity contribution in [2.45, 2.75) is 6.54 Å². The number of benzene rings is 2. The van der Waals surface area contributed by atoms with Crippen molar-refractivity contribution < 1.29 is 0 Å². The molecule has 0 amide bonds. The second-order valence-corrected chi connectivity index (χ2v) is 6.77. The Kier molecular flexibility index (Phi) is 6.00. The van der Waals surface area contributed by atoms with E-state index < -0.39 is 0 Å². The van der Waals surface area contributed by atoms with Crippen LogP contribution in [0.2, 0.25) is 0 Å². The van der Waals surface area contributed by atoms with E-state index in [2.05, 4.69) is 93.7 Å². The van der Waals surface area contributed by atoms with Gasteiger partial charge in [0.1, 0.15) is 0 Å². The molecule has 1 aliphatic heterocycles. The summed E-state index contributed by atoms with van der Waals surface area (Å²) >= 11 is 0. The molecule has 26 heavy (non-hydrogen) atoms. The lowest BCUT2D eigenvalue weighted by Gasteiger charge is -2.37. The van der Waals surface area contributed by atoms with Gasteiger partial charge in [-0.25, -0.2) is 0 Å². The lowest BCUT2D eigenvalue weighted by Crippen LogP contribution is -2.52. The first-order valence-corrected chi connectivity index (χ1v) is 9.19. The average molecular weight is 351 g/mol. The molecular formula is C21H29N5. The van der Waals surface area contributed by atoms with Crippen molar-refractivity contribution in [3.8, 4) is 0 Å². The number of para-hydroxylation sites is 1. The van der Waals surface area contributed by atoms with Gasteiger partial charge in [-0.1, -0.05) is 30.3 Å². The van der Waals surface area contributed by atoms with Gasteiger partial charge in [0.25, 0.3) is 0 Å². The summed E-state index contributed by atoms with van der Waals surface area (Å²) in [6.45, 7) is 4.77. The third kappa shape index (κ3) is 4.48. The van der Waals surface area contributed by atoms with Gasteiger partial charge in [-0.15, -0.1) is 0 Å².